The minimum Gasteiger partial charge on any atom is -0.468 e. The van der Waals surface area contributed by atoms with Crippen LogP contribution in [0.25, 0.3) is 0 Å². The van der Waals surface area contributed by atoms with Crippen molar-refractivity contribution in [2.75, 3.05) is 7.11 Å². The molecule has 0 unspecified atom stereocenters. The van der Waals surface area contributed by atoms with E-state index in [1.807, 2.05) is 0 Å². The van der Waals surface area contributed by atoms with Gasteiger partial charge in [0.05, 0.1) is 12.0 Å². The third kappa shape index (κ3) is 3.51. The molecule has 0 fully saturated rings. The van der Waals surface area contributed by atoms with Gasteiger partial charge in [0.25, 0.3) is 5.69 Å². The molecule has 2 aromatic heterocycles. The zero-order valence-corrected chi connectivity index (χ0v) is 11.9. The summed E-state index contributed by atoms with van der Waals surface area (Å²) in [6, 6.07) is 2.85. The summed E-state index contributed by atoms with van der Waals surface area (Å²) in [6.07, 6.45) is 0. The Bertz CT molecular complexity index is 688. The number of hydrogen-bond acceptors (Lipinski definition) is 9. The molecule has 0 spiro atoms. The average molecular weight is 310 g/mol. The number of carbonyl (C=O) groups excluding carboxylic acids is 1. The van der Waals surface area contributed by atoms with Gasteiger partial charge in [0.15, 0.2) is 0 Å². The molecular formula is C10H10N6O4S. The summed E-state index contributed by atoms with van der Waals surface area (Å²) >= 11 is 1.09. The summed E-state index contributed by atoms with van der Waals surface area (Å²) < 4.78 is 5.79. The highest BCUT2D eigenvalue weighted by molar-refractivity contribution is 7.99. The maximum absolute atomic E-state index is 11.2. The largest absolute Gasteiger partial charge is 0.468 e. The first-order valence-electron chi connectivity index (χ1n) is 5.64. The highest BCUT2D eigenvalue weighted by atomic mass is 32.2. The number of ether oxygens (including phenoxy) is 1. The van der Waals surface area contributed by atoms with Crippen LogP contribution in [-0.4, -0.2) is 43.2 Å². The van der Waals surface area contributed by atoms with E-state index in [2.05, 4.69) is 25.2 Å². The number of rotatable bonds is 5. The van der Waals surface area contributed by atoms with E-state index < -0.39 is 10.9 Å². The molecule has 110 valence electrons. The van der Waals surface area contributed by atoms with Gasteiger partial charge in [-0.2, -0.15) is 0 Å². The summed E-state index contributed by atoms with van der Waals surface area (Å²) in [5.41, 5.74) is 0.227. The average Bonchev–Trinajstić information content (AvgIpc) is 2.85. The van der Waals surface area contributed by atoms with E-state index >= 15 is 0 Å². The molecule has 0 aliphatic rings. The number of esters is 1. The number of nitrogens with zero attached hydrogens (tertiary/aromatic N) is 6. The lowest BCUT2D eigenvalue weighted by Gasteiger charge is -2.03. The van der Waals surface area contributed by atoms with Crippen molar-refractivity contribution in [3.63, 3.8) is 0 Å². The Morgan fingerprint density at radius 1 is 1.52 bits per heavy atom. The van der Waals surface area contributed by atoms with Gasteiger partial charge in [-0.05, 0) is 35.2 Å². The minimum absolute atomic E-state index is 0.0616. The molecule has 2 heterocycles. The van der Waals surface area contributed by atoms with Crippen molar-refractivity contribution in [2.45, 2.75) is 23.7 Å². The summed E-state index contributed by atoms with van der Waals surface area (Å²) in [5, 5.41) is 22.5. The van der Waals surface area contributed by atoms with Gasteiger partial charge < -0.3 is 4.74 Å². The number of aromatic nitrogens is 5. The zero-order chi connectivity index (χ0) is 15.4. The molecule has 0 aliphatic carbocycles. The molecule has 21 heavy (non-hydrogen) atoms. The number of carbonyl (C=O) groups is 1. The van der Waals surface area contributed by atoms with Crippen molar-refractivity contribution < 1.29 is 14.5 Å². The first-order valence-corrected chi connectivity index (χ1v) is 6.45. The van der Waals surface area contributed by atoms with Gasteiger partial charge in [-0.25, -0.2) is 9.67 Å². The number of methoxy groups -OCH3 is 1. The molecular weight excluding hydrogens is 300 g/mol. The van der Waals surface area contributed by atoms with E-state index in [1.165, 1.54) is 23.9 Å². The molecule has 0 atom stereocenters. The van der Waals surface area contributed by atoms with Crippen LogP contribution in [0.2, 0.25) is 0 Å². The van der Waals surface area contributed by atoms with Crippen LogP contribution < -0.4 is 0 Å². The van der Waals surface area contributed by atoms with Crippen LogP contribution in [-0.2, 0) is 16.1 Å². The molecule has 10 nitrogen and oxygen atoms in total. The maximum Gasteiger partial charge on any atom is 0.327 e. The quantitative estimate of drug-likeness (QED) is 0.443. The topological polar surface area (TPSA) is 126 Å². The summed E-state index contributed by atoms with van der Waals surface area (Å²) in [7, 11) is 1.26. The maximum atomic E-state index is 11.2. The van der Waals surface area contributed by atoms with Crippen LogP contribution in [0.5, 0.6) is 0 Å². The fraction of sp³-hybridized carbons (Fsp3) is 0.300. The van der Waals surface area contributed by atoms with Crippen molar-refractivity contribution in [2.24, 2.45) is 0 Å². The predicted octanol–water partition coefficient (Wildman–Crippen LogP) is 0.609. The highest BCUT2D eigenvalue weighted by Gasteiger charge is 2.16. The lowest BCUT2D eigenvalue weighted by molar-refractivity contribution is -0.385. The van der Waals surface area contributed by atoms with Crippen LogP contribution in [0.3, 0.4) is 0 Å². The van der Waals surface area contributed by atoms with Gasteiger partial charge in [0.2, 0.25) is 5.16 Å². The molecule has 0 amide bonds. The summed E-state index contributed by atoms with van der Waals surface area (Å²) in [5.74, 6) is -0.489. The van der Waals surface area contributed by atoms with Gasteiger partial charge >= 0.3 is 5.97 Å². The monoisotopic (exact) mass is 310 g/mol. The van der Waals surface area contributed by atoms with Gasteiger partial charge in [-0.3, -0.25) is 14.9 Å². The van der Waals surface area contributed by atoms with Crippen molar-refractivity contribution in [1.82, 2.24) is 25.2 Å². The number of aryl methyl sites for hydroxylation is 1. The minimum atomic E-state index is -0.502. The van der Waals surface area contributed by atoms with Crippen LogP contribution in [0, 0.1) is 17.0 Å². The molecule has 11 heteroatoms. The summed E-state index contributed by atoms with van der Waals surface area (Å²) in [6.45, 7) is 1.41. The predicted molar refractivity (Wildman–Crippen MR) is 69.6 cm³/mol. The zero-order valence-electron chi connectivity index (χ0n) is 11.1. The van der Waals surface area contributed by atoms with Crippen molar-refractivity contribution in [3.8, 4) is 0 Å². The second-order valence-corrected chi connectivity index (χ2v) is 4.80. The molecule has 0 N–H and O–H groups in total. The third-order valence-electron chi connectivity index (χ3n) is 2.43. The third-order valence-corrected chi connectivity index (χ3v) is 3.34. The fourth-order valence-electron chi connectivity index (χ4n) is 1.43. The Balaban J connectivity index is 2.19. The van der Waals surface area contributed by atoms with Crippen LogP contribution in [0.4, 0.5) is 5.69 Å². The van der Waals surface area contributed by atoms with Crippen LogP contribution in [0.1, 0.15) is 5.69 Å². The van der Waals surface area contributed by atoms with Gasteiger partial charge in [0.1, 0.15) is 17.3 Å². The van der Waals surface area contributed by atoms with E-state index in [9.17, 15) is 14.9 Å². The normalized spacial score (nSPS) is 10.4. The molecule has 0 aromatic carbocycles. The van der Waals surface area contributed by atoms with E-state index in [1.54, 1.807) is 6.92 Å². The highest BCUT2D eigenvalue weighted by Crippen LogP contribution is 2.26. The lowest BCUT2D eigenvalue weighted by Crippen LogP contribution is -2.13. The van der Waals surface area contributed by atoms with Crippen molar-refractivity contribution >= 4 is 23.4 Å². The van der Waals surface area contributed by atoms with E-state index in [4.69, 9.17) is 0 Å². The molecule has 0 saturated heterocycles. The number of tetrazole rings is 1. The van der Waals surface area contributed by atoms with Crippen LogP contribution >= 0.6 is 11.8 Å². The number of hydrogen-bond donors (Lipinski definition) is 0. The molecule has 0 saturated carbocycles. The first kappa shape index (κ1) is 14.8. The Kier molecular flexibility index (Phi) is 4.42. The summed E-state index contributed by atoms with van der Waals surface area (Å²) in [4.78, 5) is 25.6. The molecule has 0 bridgehead atoms. The van der Waals surface area contributed by atoms with E-state index in [0.717, 1.165) is 11.8 Å². The van der Waals surface area contributed by atoms with Gasteiger partial charge in [-0.1, -0.05) is 0 Å². The molecule has 2 rings (SSSR count). The molecule has 0 aliphatic heterocycles. The Hall–Kier alpha value is -2.56. The van der Waals surface area contributed by atoms with Crippen molar-refractivity contribution in [1.29, 1.82) is 0 Å². The Morgan fingerprint density at radius 2 is 2.29 bits per heavy atom. The number of pyridine rings is 1. The Labute approximate surface area is 122 Å². The van der Waals surface area contributed by atoms with Gasteiger partial charge in [0, 0.05) is 6.07 Å². The standard InChI is InChI=1S/C10H10N6O4S/c1-6-7(16(18)19)3-4-8(11-6)21-10-12-13-14-15(10)5-9(17)20-2/h3-4H,5H2,1-2H3. The Morgan fingerprint density at radius 3 is 2.90 bits per heavy atom. The van der Waals surface area contributed by atoms with E-state index in [0.29, 0.717) is 10.2 Å². The first-order chi connectivity index (χ1) is 10.0. The van der Waals surface area contributed by atoms with Crippen LogP contribution in [0.15, 0.2) is 22.3 Å². The lowest BCUT2D eigenvalue weighted by atomic mass is 10.3. The second kappa shape index (κ2) is 6.26. The molecule has 2 aromatic rings. The van der Waals surface area contributed by atoms with E-state index in [-0.39, 0.29) is 17.9 Å². The van der Waals surface area contributed by atoms with Gasteiger partial charge in [-0.15, -0.1) is 5.10 Å². The molecule has 0 radical (unpaired) electrons. The fourth-order valence-corrected chi connectivity index (χ4v) is 2.22. The second-order valence-electron chi connectivity index (χ2n) is 3.81. The SMILES string of the molecule is COC(=O)Cn1nnnc1Sc1ccc([N+](=O)[O-])c(C)n1. The number of nitro groups is 1. The smallest absolute Gasteiger partial charge is 0.327 e. The van der Waals surface area contributed by atoms with Crippen molar-refractivity contribution in [3.05, 3.63) is 27.9 Å².